The predicted molar refractivity (Wildman–Crippen MR) is 98.8 cm³/mol. The normalized spacial score (nSPS) is 12.5. The minimum Gasteiger partial charge on any atom is -0.485 e. The van der Waals surface area contributed by atoms with Crippen molar-refractivity contribution < 1.29 is 23.4 Å². The second-order valence-electron chi connectivity index (χ2n) is 5.74. The molecular formula is C18H14ClN3O6. The van der Waals surface area contributed by atoms with E-state index in [-0.39, 0.29) is 47.9 Å². The molecule has 1 aliphatic heterocycles. The van der Waals surface area contributed by atoms with Crippen LogP contribution in [-0.4, -0.2) is 29.5 Å². The van der Waals surface area contributed by atoms with E-state index in [0.717, 1.165) is 5.56 Å². The van der Waals surface area contributed by atoms with Crippen molar-refractivity contribution in [1.82, 2.24) is 10.2 Å². The number of carbonyl (C=O) groups excluding carboxylic acids is 1. The summed E-state index contributed by atoms with van der Waals surface area (Å²) in [7, 11) is 0. The van der Waals surface area contributed by atoms with Crippen LogP contribution in [0.15, 0.2) is 45.6 Å². The summed E-state index contributed by atoms with van der Waals surface area (Å²) in [5, 5.41) is 8.66. The molecule has 1 aliphatic rings. The molecule has 1 aromatic heterocycles. The fourth-order valence-corrected chi connectivity index (χ4v) is 2.90. The third-order valence-corrected chi connectivity index (χ3v) is 4.17. The second-order valence-corrected chi connectivity index (χ2v) is 6.15. The fraction of sp³-hybridized carbons (Fsp3) is 0.167. The van der Waals surface area contributed by atoms with Crippen LogP contribution in [0.4, 0.5) is 10.5 Å². The van der Waals surface area contributed by atoms with Gasteiger partial charge >= 0.3 is 11.8 Å². The van der Waals surface area contributed by atoms with E-state index in [1.165, 1.54) is 6.07 Å². The van der Waals surface area contributed by atoms with Crippen molar-refractivity contribution in [2.24, 2.45) is 0 Å². The molecule has 9 nitrogen and oxygen atoms in total. The summed E-state index contributed by atoms with van der Waals surface area (Å²) < 4.78 is 21.4. The van der Waals surface area contributed by atoms with Crippen LogP contribution >= 0.6 is 11.6 Å². The zero-order chi connectivity index (χ0) is 19.5. The highest BCUT2D eigenvalue weighted by atomic mass is 35.5. The quantitative estimate of drug-likeness (QED) is 0.687. The van der Waals surface area contributed by atoms with E-state index in [1.54, 1.807) is 0 Å². The topological polar surface area (TPSA) is 116 Å². The van der Waals surface area contributed by atoms with E-state index in [4.69, 9.17) is 30.2 Å². The molecule has 0 radical (unpaired) electrons. The third kappa shape index (κ3) is 3.65. The SMILES string of the molecule is O=C(Nc1c(Cl)cc(-c2n[nH]c(=O)o2)c2c1OCCO2)OCc1ccccc1. The lowest BCUT2D eigenvalue weighted by Gasteiger charge is -2.23. The molecule has 0 saturated heterocycles. The Bertz CT molecular complexity index is 1060. The van der Waals surface area contributed by atoms with Crippen molar-refractivity contribution in [2.45, 2.75) is 6.61 Å². The van der Waals surface area contributed by atoms with E-state index >= 15 is 0 Å². The van der Waals surface area contributed by atoms with Crippen LogP contribution in [0.25, 0.3) is 11.5 Å². The first-order valence-electron chi connectivity index (χ1n) is 8.27. The fourth-order valence-electron chi connectivity index (χ4n) is 2.66. The Hall–Kier alpha value is -3.46. The molecule has 0 spiro atoms. The minimum absolute atomic E-state index is 0.00754. The number of anilines is 1. The van der Waals surface area contributed by atoms with Gasteiger partial charge in [0.1, 0.15) is 25.5 Å². The van der Waals surface area contributed by atoms with Crippen molar-refractivity contribution >= 4 is 23.4 Å². The van der Waals surface area contributed by atoms with Crippen LogP contribution < -0.4 is 20.5 Å². The molecule has 3 aromatic rings. The van der Waals surface area contributed by atoms with Gasteiger partial charge < -0.3 is 18.6 Å². The van der Waals surface area contributed by atoms with Gasteiger partial charge in [-0.2, -0.15) is 0 Å². The van der Waals surface area contributed by atoms with Gasteiger partial charge in [0.05, 0.1) is 10.6 Å². The Morgan fingerprint density at radius 1 is 1.21 bits per heavy atom. The van der Waals surface area contributed by atoms with Crippen molar-refractivity contribution in [3.63, 3.8) is 0 Å². The van der Waals surface area contributed by atoms with Gasteiger partial charge in [-0.15, -0.1) is 5.10 Å². The molecular weight excluding hydrogens is 390 g/mol. The molecule has 0 atom stereocenters. The number of halogens is 1. The number of amides is 1. The second kappa shape index (κ2) is 7.65. The highest BCUT2D eigenvalue weighted by Gasteiger charge is 2.27. The average molecular weight is 404 g/mol. The summed E-state index contributed by atoms with van der Waals surface area (Å²) in [5.74, 6) is -0.268. The van der Waals surface area contributed by atoms with Gasteiger partial charge in [0.2, 0.25) is 0 Å². The summed E-state index contributed by atoms with van der Waals surface area (Å²) in [6.07, 6.45) is -0.707. The van der Waals surface area contributed by atoms with Crippen LogP contribution in [0.1, 0.15) is 5.56 Å². The van der Waals surface area contributed by atoms with Crippen LogP contribution in [-0.2, 0) is 11.3 Å². The van der Waals surface area contributed by atoms with Gasteiger partial charge in [0.25, 0.3) is 5.89 Å². The van der Waals surface area contributed by atoms with Crippen molar-refractivity contribution in [1.29, 1.82) is 0 Å². The number of aromatic amines is 1. The summed E-state index contributed by atoms with van der Waals surface area (Å²) in [6, 6.07) is 10.7. The molecule has 144 valence electrons. The molecule has 0 unspecified atom stereocenters. The standard InChI is InChI=1S/C18H14ClN3O6/c19-12-8-11(16-21-22-18(24)28-16)14-15(26-7-6-25-14)13(12)20-17(23)27-9-10-4-2-1-3-5-10/h1-5,8H,6-7,9H2,(H,20,23)(H,22,24). The molecule has 2 aromatic carbocycles. The first-order valence-corrected chi connectivity index (χ1v) is 8.65. The Kier molecular flexibility index (Phi) is 4.90. The number of fused-ring (bicyclic) bond motifs is 1. The Labute approximate surface area is 163 Å². The summed E-state index contributed by atoms with van der Waals surface area (Å²) in [6.45, 7) is 0.625. The van der Waals surface area contributed by atoms with E-state index in [1.807, 2.05) is 30.3 Å². The number of hydrogen-bond donors (Lipinski definition) is 2. The average Bonchev–Trinajstić information content (AvgIpc) is 3.15. The van der Waals surface area contributed by atoms with Gasteiger partial charge in [-0.3, -0.25) is 5.32 Å². The van der Waals surface area contributed by atoms with Gasteiger partial charge in [-0.1, -0.05) is 41.9 Å². The van der Waals surface area contributed by atoms with Crippen LogP contribution in [0.3, 0.4) is 0 Å². The minimum atomic E-state index is -0.719. The molecule has 4 rings (SSSR count). The first kappa shape index (κ1) is 17.9. The monoisotopic (exact) mass is 403 g/mol. The van der Waals surface area contributed by atoms with E-state index < -0.39 is 11.8 Å². The maximum absolute atomic E-state index is 12.2. The summed E-state index contributed by atoms with van der Waals surface area (Å²) in [4.78, 5) is 23.5. The number of carbonyl (C=O) groups is 1. The highest BCUT2D eigenvalue weighted by molar-refractivity contribution is 6.34. The third-order valence-electron chi connectivity index (χ3n) is 3.87. The van der Waals surface area contributed by atoms with Gasteiger partial charge in [0, 0.05) is 0 Å². The lowest BCUT2D eigenvalue weighted by molar-refractivity contribution is 0.154. The van der Waals surface area contributed by atoms with Crippen molar-refractivity contribution in [3.05, 3.63) is 57.5 Å². The Morgan fingerprint density at radius 2 is 1.96 bits per heavy atom. The van der Waals surface area contributed by atoms with Crippen molar-refractivity contribution in [2.75, 3.05) is 18.5 Å². The maximum atomic E-state index is 12.2. The number of aromatic nitrogens is 2. The molecule has 0 bridgehead atoms. The molecule has 2 heterocycles. The lowest BCUT2D eigenvalue weighted by atomic mass is 10.1. The van der Waals surface area contributed by atoms with Gasteiger partial charge in [-0.25, -0.2) is 14.7 Å². The summed E-state index contributed by atoms with van der Waals surface area (Å²) in [5.41, 5.74) is 1.35. The first-order chi connectivity index (χ1) is 13.6. The number of H-pyrrole nitrogens is 1. The van der Waals surface area contributed by atoms with E-state index in [9.17, 15) is 9.59 Å². The zero-order valence-electron chi connectivity index (χ0n) is 14.4. The molecule has 0 aliphatic carbocycles. The van der Waals surface area contributed by atoms with Gasteiger partial charge in [-0.05, 0) is 11.6 Å². The molecule has 10 heteroatoms. The Balaban J connectivity index is 1.60. The molecule has 0 fully saturated rings. The molecule has 28 heavy (non-hydrogen) atoms. The number of rotatable bonds is 4. The molecule has 0 saturated carbocycles. The van der Waals surface area contributed by atoms with Gasteiger partial charge in [0.15, 0.2) is 11.5 Å². The molecule has 2 N–H and O–H groups in total. The summed E-state index contributed by atoms with van der Waals surface area (Å²) >= 11 is 6.32. The van der Waals surface area contributed by atoms with Crippen LogP contribution in [0.2, 0.25) is 5.02 Å². The number of hydrogen-bond acceptors (Lipinski definition) is 7. The van der Waals surface area contributed by atoms with E-state index in [2.05, 4.69) is 15.5 Å². The number of benzene rings is 2. The molecule has 1 amide bonds. The number of nitrogens with one attached hydrogen (secondary N) is 2. The van der Waals surface area contributed by atoms with E-state index in [0.29, 0.717) is 5.56 Å². The van der Waals surface area contributed by atoms with Crippen LogP contribution in [0.5, 0.6) is 11.5 Å². The predicted octanol–water partition coefficient (Wildman–Crippen LogP) is 3.20. The maximum Gasteiger partial charge on any atom is 0.434 e. The zero-order valence-corrected chi connectivity index (χ0v) is 15.1. The lowest BCUT2D eigenvalue weighted by Crippen LogP contribution is -2.20. The van der Waals surface area contributed by atoms with Crippen molar-refractivity contribution in [3.8, 4) is 23.0 Å². The number of nitrogens with zero attached hydrogens (tertiary/aromatic N) is 1. The largest absolute Gasteiger partial charge is 0.485 e. The smallest absolute Gasteiger partial charge is 0.434 e. The Morgan fingerprint density at radius 3 is 2.68 bits per heavy atom. The van der Waals surface area contributed by atoms with Crippen LogP contribution in [0, 0.1) is 0 Å². The number of ether oxygens (including phenoxy) is 3. The highest BCUT2D eigenvalue weighted by Crippen LogP contribution is 2.48.